The van der Waals surface area contributed by atoms with E-state index in [9.17, 15) is 9.59 Å². The van der Waals surface area contributed by atoms with E-state index in [1.54, 1.807) is 28.1 Å². The van der Waals surface area contributed by atoms with E-state index >= 15 is 0 Å². The van der Waals surface area contributed by atoms with Crippen LogP contribution in [0, 0.1) is 0 Å². The van der Waals surface area contributed by atoms with Crippen molar-refractivity contribution in [2.24, 2.45) is 0 Å². The molecular formula is C24H28N8O2S. The van der Waals surface area contributed by atoms with Gasteiger partial charge in [0.2, 0.25) is 0 Å². The van der Waals surface area contributed by atoms with Gasteiger partial charge in [-0.3, -0.25) is 15.0 Å². The largest absolute Gasteiger partial charge is 0.367 e. The second kappa shape index (κ2) is 8.74. The van der Waals surface area contributed by atoms with E-state index in [-0.39, 0.29) is 5.70 Å². The second-order valence-corrected chi connectivity index (χ2v) is 10.4. The van der Waals surface area contributed by atoms with Gasteiger partial charge in [0.05, 0.1) is 11.9 Å². The normalized spacial score (nSPS) is 21.5. The van der Waals surface area contributed by atoms with Crippen LogP contribution in [-0.4, -0.2) is 75.6 Å². The molecule has 0 bridgehead atoms. The highest BCUT2D eigenvalue weighted by Crippen LogP contribution is 2.34. The number of fused-ring (bicyclic) bond motifs is 1. The van der Waals surface area contributed by atoms with Gasteiger partial charge in [-0.2, -0.15) is 9.61 Å². The Morgan fingerprint density at radius 1 is 1.17 bits per heavy atom. The summed E-state index contributed by atoms with van der Waals surface area (Å²) >= 11 is 1.77. The third-order valence-corrected chi connectivity index (χ3v) is 7.96. The molecule has 0 spiro atoms. The zero-order valence-corrected chi connectivity index (χ0v) is 20.6. The standard InChI is InChI=1S/C24H28N8O2S/c1-14(31-7-5-30(2)6-8-31)20-10-16(13-35-20)18-11-21(26-17-3-4-17)32-22(27-18)15(12-25-32)9-19-23(33)29-24(34)28-19/h9-14,17,26H,3-8H2,1-2H3,(H2,28,29,33,34)/b19-9-. The maximum Gasteiger partial charge on any atom is 0.326 e. The molecule has 10 nitrogen and oxygen atoms in total. The van der Waals surface area contributed by atoms with Crippen LogP contribution in [0.2, 0.25) is 0 Å². The molecule has 11 heteroatoms. The van der Waals surface area contributed by atoms with Gasteiger partial charge in [-0.1, -0.05) is 0 Å². The van der Waals surface area contributed by atoms with Crippen LogP contribution in [0.4, 0.5) is 10.6 Å². The van der Waals surface area contributed by atoms with Gasteiger partial charge < -0.3 is 15.5 Å². The van der Waals surface area contributed by atoms with E-state index in [1.165, 1.54) is 4.88 Å². The fourth-order valence-electron chi connectivity index (χ4n) is 4.50. The number of imide groups is 1. The summed E-state index contributed by atoms with van der Waals surface area (Å²) in [5, 5.41) is 15.0. The van der Waals surface area contributed by atoms with E-state index in [0.29, 0.717) is 23.3 Å². The van der Waals surface area contributed by atoms with Gasteiger partial charge in [0.25, 0.3) is 5.91 Å². The predicted molar refractivity (Wildman–Crippen MR) is 135 cm³/mol. The molecular weight excluding hydrogens is 464 g/mol. The monoisotopic (exact) mass is 492 g/mol. The number of thiophene rings is 1. The molecule has 3 N–H and O–H groups in total. The van der Waals surface area contributed by atoms with Gasteiger partial charge in [-0.15, -0.1) is 11.3 Å². The first-order valence-electron chi connectivity index (χ1n) is 12.0. The van der Waals surface area contributed by atoms with Crippen molar-refractivity contribution < 1.29 is 9.59 Å². The lowest BCUT2D eigenvalue weighted by molar-refractivity contribution is -0.115. The van der Waals surface area contributed by atoms with Crippen molar-refractivity contribution in [2.75, 3.05) is 38.5 Å². The quantitative estimate of drug-likeness (QED) is 0.359. The van der Waals surface area contributed by atoms with Gasteiger partial charge in [0.15, 0.2) is 5.65 Å². The summed E-state index contributed by atoms with van der Waals surface area (Å²) < 4.78 is 1.77. The van der Waals surface area contributed by atoms with E-state index < -0.39 is 11.9 Å². The first kappa shape index (κ1) is 22.2. The van der Waals surface area contributed by atoms with Gasteiger partial charge in [-0.25, -0.2) is 9.78 Å². The number of anilines is 1. The molecule has 3 aromatic heterocycles. The van der Waals surface area contributed by atoms with Crippen molar-refractivity contribution in [2.45, 2.75) is 31.8 Å². The summed E-state index contributed by atoms with van der Waals surface area (Å²) in [5.41, 5.74) is 3.41. The summed E-state index contributed by atoms with van der Waals surface area (Å²) in [6, 6.07) is 4.56. The van der Waals surface area contributed by atoms with Gasteiger partial charge >= 0.3 is 6.03 Å². The molecule has 182 valence electrons. The summed E-state index contributed by atoms with van der Waals surface area (Å²) in [6.07, 6.45) is 5.56. The maximum atomic E-state index is 12.0. The van der Waals surface area contributed by atoms with Crippen molar-refractivity contribution in [3.05, 3.63) is 39.8 Å². The van der Waals surface area contributed by atoms with E-state index in [0.717, 1.165) is 56.1 Å². The lowest BCUT2D eigenvalue weighted by Crippen LogP contribution is -2.45. The van der Waals surface area contributed by atoms with Crippen LogP contribution in [0.15, 0.2) is 29.4 Å². The third kappa shape index (κ3) is 4.42. The fraction of sp³-hybridized carbons (Fsp3) is 0.417. The van der Waals surface area contributed by atoms with Crippen LogP contribution >= 0.6 is 11.3 Å². The molecule has 1 unspecified atom stereocenters. The zero-order valence-electron chi connectivity index (χ0n) is 19.7. The third-order valence-electron chi connectivity index (χ3n) is 6.86. The molecule has 3 aromatic rings. The number of likely N-dealkylation sites (N-methyl/N-ethyl adjacent to an activating group) is 1. The Labute approximate surface area is 207 Å². The highest BCUT2D eigenvalue weighted by molar-refractivity contribution is 7.10. The molecule has 3 fully saturated rings. The molecule has 5 heterocycles. The maximum absolute atomic E-state index is 12.0. The number of carbonyl (C=O) groups excluding carboxylic acids is 2. The van der Waals surface area contributed by atoms with Crippen molar-refractivity contribution in [3.63, 3.8) is 0 Å². The van der Waals surface area contributed by atoms with E-state index in [1.807, 2.05) is 6.07 Å². The number of nitrogens with one attached hydrogen (secondary N) is 3. The minimum Gasteiger partial charge on any atom is -0.367 e. The Morgan fingerprint density at radius 2 is 1.97 bits per heavy atom. The van der Waals surface area contributed by atoms with Crippen molar-refractivity contribution in [1.29, 1.82) is 0 Å². The number of hydrogen-bond acceptors (Lipinski definition) is 8. The molecule has 6 rings (SSSR count). The van der Waals surface area contributed by atoms with Gasteiger partial charge in [0.1, 0.15) is 11.5 Å². The average Bonchev–Trinajstić information content (AvgIpc) is 3.23. The van der Waals surface area contributed by atoms with Crippen LogP contribution in [0.25, 0.3) is 23.0 Å². The fourth-order valence-corrected chi connectivity index (χ4v) is 5.50. The van der Waals surface area contributed by atoms with Crippen LogP contribution < -0.4 is 16.0 Å². The van der Waals surface area contributed by atoms with Crippen molar-refractivity contribution in [3.8, 4) is 11.3 Å². The molecule has 0 aromatic carbocycles. The molecule has 2 aliphatic heterocycles. The molecule has 2 saturated heterocycles. The molecule has 0 radical (unpaired) electrons. The van der Waals surface area contributed by atoms with Crippen LogP contribution in [0.5, 0.6) is 0 Å². The Bertz CT molecular complexity index is 1330. The summed E-state index contributed by atoms with van der Waals surface area (Å²) in [6.45, 7) is 6.61. The Kier molecular flexibility index (Phi) is 5.54. The topological polar surface area (TPSA) is 107 Å². The number of aromatic nitrogens is 3. The molecule has 3 amide bonds. The van der Waals surface area contributed by atoms with Crippen LogP contribution in [0.1, 0.15) is 36.2 Å². The van der Waals surface area contributed by atoms with Crippen LogP contribution in [-0.2, 0) is 4.79 Å². The number of rotatable bonds is 6. The van der Waals surface area contributed by atoms with Gasteiger partial charge in [-0.05, 0) is 39.0 Å². The van der Waals surface area contributed by atoms with Crippen molar-refractivity contribution in [1.82, 2.24) is 35.0 Å². The summed E-state index contributed by atoms with van der Waals surface area (Å²) in [7, 11) is 2.17. The first-order valence-corrected chi connectivity index (χ1v) is 12.8. The number of urea groups is 1. The lowest BCUT2D eigenvalue weighted by Gasteiger charge is -2.36. The molecule has 1 aliphatic carbocycles. The van der Waals surface area contributed by atoms with Gasteiger partial charge in [0, 0.05) is 65.7 Å². The zero-order chi connectivity index (χ0) is 24.1. The summed E-state index contributed by atoms with van der Waals surface area (Å²) in [4.78, 5) is 34.7. The number of amides is 3. The molecule has 1 atom stereocenters. The summed E-state index contributed by atoms with van der Waals surface area (Å²) in [5.74, 6) is 0.416. The average molecular weight is 493 g/mol. The Balaban J connectivity index is 1.35. The number of piperazine rings is 1. The number of hydrogen-bond donors (Lipinski definition) is 3. The number of carbonyl (C=O) groups is 2. The number of nitrogens with zero attached hydrogens (tertiary/aromatic N) is 5. The smallest absolute Gasteiger partial charge is 0.326 e. The van der Waals surface area contributed by atoms with E-state index in [2.05, 4.69) is 56.3 Å². The highest BCUT2D eigenvalue weighted by Gasteiger charge is 2.26. The van der Waals surface area contributed by atoms with Crippen molar-refractivity contribution >= 4 is 40.8 Å². The van der Waals surface area contributed by atoms with E-state index in [4.69, 9.17) is 4.98 Å². The first-order chi connectivity index (χ1) is 16.9. The minimum atomic E-state index is -0.525. The Hall–Kier alpha value is -3.28. The Morgan fingerprint density at radius 3 is 2.69 bits per heavy atom. The molecule has 1 saturated carbocycles. The SMILES string of the molecule is CC(c1cc(-c2cc(NC3CC3)n3ncc(/C=C4\NC(=O)NC4=O)c3n2)cs1)N1CCN(C)CC1. The highest BCUT2D eigenvalue weighted by atomic mass is 32.1. The lowest BCUT2D eigenvalue weighted by atomic mass is 10.1. The molecule has 35 heavy (non-hydrogen) atoms. The predicted octanol–water partition coefficient (Wildman–Crippen LogP) is 2.52. The van der Waals surface area contributed by atoms with Crippen LogP contribution in [0.3, 0.4) is 0 Å². The minimum absolute atomic E-state index is 0.188. The second-order valence-electron chi connectivity index (χ2n) is 9.50. The molecule has 3 aliphatic rings.